The zero-order chi connectivity index (χ0) is 17.4. The van der Waals surface area contributed by atoms with E-state index in [0.717, 1.165) is 38.8 Å². The second-order valence-corrected chi connectivity index (χ2v) is 6.70. The molecule has 1 aromatic carbocycles. The Morgan fingerprint density at radius 2 is 1.50 bits per heavy atom. The van der Waals surface area contributed by atoms with Gasteiger partial charge < -0.3 is 9.80 Å². The first-order valence-electron chi connectivity index (χ1n) is 9.21. The second kappa shape index (κ2) is 9.45. The van der Waals surface area contributed by atoms with E-state index in [1.165, 1.54) is 11.1 Å². The van der Waals surface area contributed by atoms with Crippen LogP contribution in [-0.2, 0) is 16.0 Å². The van der Waals surface area contributed by atoms with Crippen molar-refractivity contribution in [3.63, 3.8) is 0 Å². The number of hydrogen-bond donors (Lipinski definition) is 0. The maximum absolute atomic E-state index is 12.5. The van der Waals surface area contributed by atoms with E-state index in [4.69, 9.17) is 0 Å². The monoisotopic (exact) mass is 330 g/mol. The van der Waals surface area contributed by atoms with Crippen LogP contribution in [0.15, 0.2) is 24.3 Å². The number of amides is 2. The SMILES string of the molecule is CCCCC(=O)N1CCCN(C(=O)CCc2ccc(C)cc2)CC1. The van der Waals surface area contributed by atoms with Crippen LogP contribution in [0, 0.1) is 6.92 Å². The Morgan fingerprint density at radius 3 is 2.08 bits per heavy atom. The molecule has 132 valence electrons. The molecule has 0 aliphatic carbocycles. The number of carbonyl (C=O) groups excluding carboxylic acids is 2. The number of aryl methyl sites for hydroxylation is 2. The van der Waals surface area contributed by atoms with E-state index in [9.17, 15) is 9.59 Å². The third-order valence-electron chi connectivity index (χ3n) is 4.69. The standard InChI is InChI=1S/C20H30N2O2/c1-3-4-6-19(23)21-13-5-14-22(16-15-21)20(24)12-11-18-9-7-17(2)8-10-18/h7-10H,3-6,11-16H2,1-2H3. The average Bonchev–Trinajstić information content (AvgIpc) is 2.85. The summed E-state index contributed by atoms with van der Waals surface area (Å²) >= 11 is 0. The van der Waals surface area contributed by atoms with E-state index in [2.05, 4.69) is 38.1 Å². The molecule has 2 rings (SSSR count). The molecule has 2 amide bonds. The van der Waals surface area contributed by atoms with Crippen LogP contribution >= 0.6 is 0 Å². The largest absolute Gasteiger partial charge is 0.341 e. The Labute approximate surface area is 145 Å². The fourth-order valence-electron chi connectivity index (χ4n) is 3.07. The number of benzene rings is 1. The molecule has 24 heavy (non-hydrogen) atoms. The zero-order valence-electron chi connectivity index (χ0n) is 15.1. The van der Waals surface area contributed by atoms with Gasteiger partial charge in [0.05, 0.1) is 0 Å². The molecule has 1 aliphatic rings. The predicted octanol–water partition coefficient (Wildman–Crippen LogP) is 3.18. The number of nitrogens with zero attached hydrogens (tertiary/aromatic N) is 2. The highest BCUT2D eigenvalue weighted by molar-refractivity contribution is 5.78. The lowest BCUT2D eigenvalue weighted by atomic mass is 10.1. The van der Waals surface area contributed by atoms with E-state index in [-0.39, 0.29) is 11.8 Å². The molecule has 1 aliphatic heterocycles. The third-order valence-corrected chi connectivity index (χ3v) is 4.69. The number of rotatable bonds is 6. The van der Waals surface area contributed by atoms with Crippen molar-refractivity contribution in [2.24, 2.45) is 0 Å². The Bertz CT molecular complexity index is 539. The smallest absolute Gasteiger partial charge is 0.222 e. The van der Waals surface area contributed by atoms with Crippen LogP contribution in [0.1, 0.15) is 50.2 Å². The predicted molar refractivity (Wildman–Crippen MR) is 96.8 cm³/mol. The van der Waals surface area contributed by atoms with E-state index in [1.807, 2.05) is 9.80 Å². The van der Waals surface area contributed by atoms with E-state index in [0.29, 0.717) is 25.9 Å². The van der Waals surface area contributed by atoms with Gasteiger partial charge in [-0.2, -0.15) is 0 Å². The van der Waals surface area contributed by atoms with Gasteiger partial charge in [-0.1, -0.05) is 43.2 Å². The summed E-state index contributed by atoms with van der Waals surface area (Å²) in [6.45, 7) is 7.07. The van der Waals surface area contributed by atoms with Gasteiger partial charge in [0.2, 0.25) is 11.8 Å². The molecule has 0 N–H and O–H groups in total. The number of unbranched alkanes of at least 4 members (excludes halogenated alkanes) is 1. The molecule has 0 unspecified atom stereocenters. The van der Waals surface area contributed by atoms with Crippen molar-refractivity contribution < 1.29 is 9.59 Å². The summed E-state index contributed by atoms with van der Waals surface area (Å²) in [5.41, 5.74) is 2.45. The van der Waals surface area contributed by atoms with Crippen molar-refractivity contribution in [3.8, 4) is 0 Å². The minimum Gasteiger partial charge on any atom is -0.341 e. The topological polar surface area (TPSA) is 40.6 Å². The first-order valence-corrected chi connectivity index (χ1v) is 9.21. The van der Waals surface area contributed by atoms with Crippen LogP contribution in [0.25, 0.3) is 0 Å². The van der Waals surface area contributed by atoms with E-state index < -0.39 is 0 Å². The maximum atomic E-state index is 12.5. The Morgan fingerprint density at radius 1 is 0.917 bits per heavy atom. The van der Waals surface area contributed by atoms with Crippen molar-refractivity contribution in [1.82, 2.24) is 9.80 Å². The van der Waals surface area contributed by atoms with Crippen molar-refractivity contribution in [2.45, 2.75) is 52.4 Å². The molecule has 4 heteroatoms. The minimum absolute atomic E-state index is 0.207. The molecule has 1 saturated heterocycles. The fraction of sp³-hybridized carbons (Fsp3) is 0.600. The summed E-state index contributed by atoms with van der Waals surface area (Å²) in [5.74, 6) is 0.448. The quantitative estimate of drug-likeness (QED) is 0.804. The van der Waals surface area contributed by atoms with Crippen molar-refractivity contribution >= 4 is 11.8 Å². The van der Waals surface area contributed by atoms with Gasteiger partial charge in [-0.05, 0) is 31.7 Å². The summed E-state index contributed by atoms with van der Waals surface area (Å²) in [6.07, 6.45) is 4.85. The molecule has 0 aromatic heterocycles. The van der Waals surface area contributed by atoms with Crippen LogP contribution in [0.3, 0.4) is 0 Å². The summed E-state index contributed by atoms with van der Waals surface area (Å²) < 4.78 is 0. The van der Waals surface area contributed by atoms with Crippen molar-refractivity contribution in [1.29, 1.82) is 0 Å². The Kier molecular flexibility index (Phi) is 7.29. The van der Waals surface area contributed by atoms with Gasteiger partial charge in [-0.3, -0.25) is 9.59 Å². The zero-order valence-corrected chi connectivity index (χ0v) is 15.1. The fourth-order valence-corrected chi connectivity index (χ4v) is 3.07. The number of hydrogen-bond acceptors (Lipinski definition) is 2. The average molecular weight is 330 g/mol. The number of carbonyl (C=O) groups is 2. The lowest BCUT2D eigenvalue weighted by molar-refractivity contribution is -0.133. The molecule has 0 bridgehead atoms. The molecule has 0 atom stereocenters. The van der Waals surface area contributed by atoms with E-state index in [1.54, 1.807) is 0 Å². The van der Waals surface area contributed by atoms with Gasteiger partial charge in [0, 0.05) is 39.0 Å². The molecule has 0 saturated carbocycles. The normalized spacial score (nSPS) is 15.2. The molecular formula is C20H30N2O2. The van der Waals surface area contributed by atoms with Crippen LogP contribution in [0.5, 0.6) is 0 Å². The minimum atomic E-state index is 0.207. The van der Waals surface area contributed by atoms with Crippen LogP contribution in [-0.4, -0.2) is 47.8 Å². The second-order valence-electron chi connectivity index (χ2n) is 6.70. The summed E-state index contributed by atoms with van der Waals surface area (Å²) in [4.78, 5) is 28.5. The Hall–Kier alpha value is -1.84. The Balaban J connectivity index is 1.78. The maximum Gasteiger partial charge on any atom is 0.222 e. The third kappa shape index (κ3) is 5.66. The first-order chi connectivity index (χ1) is 11.6. The molecule has 4 nitrogen and oxygen atoms in total. The van der Waals surface area contributed by atoms with Crippen LogP contribution in [0.2, 0.25) is 0 Å². The highest BCUT2D eigenvalue weighted by Gasteiger charge is 2.21. The molecule has 0 radical (unpaired) electrons. The molecule has 0 spiro atoms. The van der Waals surface area contributed by atoms with E-state index >= 15 is 0 Å². The molecule has 1 aromatic rings. The lowest BCUT2D eigenvalue weighted by Crippen LogP contribution is -2.37. The molecule has 1 fully saturated rings. The van der Waals surface area contributed by atoms with Crippen molar-refractivity contribution in [2.75, 3.05) is 26.2 Å². The van der Waals surface area contributed by atoms with Gasteiger partial charge in [-0.25, -0.2) is 0 Å². The van der Waals surface area contributed by atoms with Gasteiger partial charge in [0.25, 0.3) is 0 Å². The van der Waals surface area contributed by atoms with Crippen LogP contribution < -0.4 is 0 Å². The summed E-state index contributed by atoms with van der Waals surface area (Å²) in [5, 5.41) is 0. The summed E-state index contributed by atoms with van der Waals surface area (Å²) in [6, 6.07) is 8.37. The molecular weight excluding hydrogens is 300 g/mol. The van der Waals surface area contributed by atoms with Gasteiger partial charge in [0.15, 0.2) is 0 Å². The summed E-state index contributed by atoms with van der Waals surface area (Å²) in [7, 11) is 0. The van der Waals surface area contributed by atoms with Crippen LogP contribution in [0.4, 0.5) is 0 Å². The van der Waals surface area contributed by atoms with Gasteiger partial charge in [-0.15, -0.1) is 0 Å². The van der Waals surface area contributed by atoms with Gasteiger partial charge >= 0.3 is 0 Å². The first kappa shape index (κ1) is 18.5. The van der Waals surface area contributed by atoms with Crippen molar-refractivity contribution in [3.05, 3.63) is 35.4 Å². The molecule has 1 heterocycles. The highest BCUT2D eigenvalue weighted by Crippen LogP contribution is 2.11. The lowest BCUT2D eigenvalue weighted by Gasteiger charge is -2.22. The van der Waals surface area contributed by atoms with Gasteiger partial charge in [0.1, 0.15) is 0 Å². The highest BCUT2D eigenvalue weighted by atomic mass is 16.2.